The lowest BCUT2D eigenvalue weighted by atomic mass is 9.90. The van der Waals surface area contributed by atoms with E-state index in [1.54, 1.807) is 17.2 Å². The highest BCUT2D eigenvalue weighted by Gasteiger charge is 2.60. The van der Waals surface area contributed by atoms with Gasteiger partial charge in [0.15, 0.2) is 6.10 Å². The van der Waals surface area contributed by atoms with Crippen LogP contribution in [0.3, 0.4) is 0 Å². The topological polar surface area (TPSA) is 49.9 Å². The molecule has 5 nitrogen and oxygen atoms in total. The van der Waals surface area contributed by atoms with Crippen LogP contribution in [0.2, 0.25) is 5.02 Å². The predicted octanol–water partition coefficient (Wildman–Crippen LogP) is 5.01. The fraction of sp³-hybridized carbons (Fsp3) is 0.200. The molecular weight excluding hydrogens is 412 g/mol. The number of rotatable bonds is 3. The zero-order valence-electron chi connectivity index (χ0n) is 17.2. The van der Waals surface area contributed by atoms with Crippen molar-refractivity contribution in [1.29, 1.82) is 0 Å². The van der Waals surface area contributed by atoms with Crippen LogP contribution in [0, 0.1) is 19.8 Å². The van der Waals surface area contributed by atoms with Gasteiger partial charge in [-0.05, 0) is 54.8 Å². The number of para-hydroxylation sites is 2. The molecule has 3 atom stereocenters. The molecule has 2 aliphatic rings. The van der Waals surface area contributed by atoms with Gasteiger partial charge in [-0.1, -0.05) is 60.1 Å². The molecule has 3 unspecified atom stereocenters. The number of carbonyl (C=O) groups is 2. The molecule has 3 aromatic rings. The van der Waals surface area contributed by atoms with Gasteiger partial charge in [-0.15, -0.1) is 0 Å². The van der Waals surface area contributed by atoms with Gasteiger partial charge in [-0.25, -0.2) is 9.96 Å². The highest BCUT2D eigenvalue weighted by Crippen LogP contribution is 2.48. The number of hydroxylamine groups is 1. The van der Waals surface area contributed by atoms with Crippen LogP contribution >= 0.6 is 11.6 Å². The van der Waals surface area contributed by atoms with Crippen LogP contribution in [0.25, 0.3) is 0 Å². The molecule has 156 valence electrons. The van der Waals surface area contributed by atoms with Gasteiger partial charge >= 0.3 is 0 Å². The molecule has 5 rings (SSSR count). The van der Waals surface area contributed by atoms with E-state index < -0.39 is 18.1 Å². The van der Waals surface area contributed by atoms with Crippen molar-refractivity contribution >= 4 is 34.8 Å². The number of amides is 2. The van der Waals surface area contributed by atoms with Crippen molar-refractivity contribution in [2.45, 2.75) is 26.0 Å². The van der Waals surface area contributed by atoms with Crippen LogP contribution in [0.1, 0.15) is 22.7 Å². The highest BCUT2D eigenvalue weighted by atomic mass is 35.5. The molecule has 0 radical (unpaired) electrons. The lowest BCUT2D eigenvalue weighted by Crippen LogP contribution is -2.38. The Balaban J connectivity index is 1.61. The normalized spacial score (nSPS) is 22.9. The van der Waals surface area contributed by atoms with Gasteiger partial charge in [-0.2, -0.15) is 0 Å². The number of halogens is 1. The van der Waals surface area contributed by atoms with Crippen molar-refractivity contribution in [3.05, 3.63) is 94.5 Å². The summed E-state index contributed by atoms with van der Waals surface area (Å²) in [5.74, 6) is -1.23. The molecule has 2 saturated heterocycles. The smallest absolute Gasteiger partial charge is 0.266 e. The van der Waals surface area contributed by atoms with E-state index in [1.165, 1.54) is 4.90 Å². The van der Waals surface area contributed by atoms with Crippen molar-refractivity contribution in [3.63, 3.8) is 0 Å². The Labute approximate surface area is 185 Å². The molecule has 3 aromatic carbocycles. The number of hydrogen-bond acceptors (Lipinski definition) is 4. The Morgan fingerprint density at radius 3 is 2.10 bits per heavy atom. The second kappa shape index (κ2) is 7.52. The van der Waals surface area contributed by atoms with E-state index in [2.05, 4.69) is 0 Å². The maximum atomic E-state index is 13.7. The van der Waals surface area contributed by atoms with E-state index >= 15 is 0 Å². The van der Waals surface area contributed by atoms with Crippen molar-refractivity contribution in [2.75, 3.05) is 9.96 Å². The van der Waals surface area contributed by atoms with Crippen molar-refractivity contribution in [3.8, 4) is 0 Å². The number of benzene rings is 3. The average Bonchev–Trinajstić information content (AvgIpc) is 3.27. The zero-order valence-corrected chi connectivity index (χ0v) is 17.9. The molecule has 0 spiro atoms. The summed E-state index contributed by atoms with van der Waals surface area (Å²) in [4.78, 5) is 34.6. The molecule has 2 fully saturated rings. The van der Waals surface area contributed by atoms with Crippen LogP contribution in [0.15, 0.2) is 72.8 Å². The first-order valence-corrected chi connectivity index (χ1v) is 10.6. The number of fused-ring (bicyclic) bond motifs is 1. The fourth-order valence-corrected chi connectivity index (χ4v) is 4.72. The number of aryl methyl sites for hydroxylation is 2. The Hall–Kier alpha value is -3.15. The highest BCUT2D eigenvalue weighted by molar-refractivity contribution is 6.30. The molecule has 2 aliphatic heterocycles. The minimum atomic E-state index is -0.882. The summed E-state index contributed by atoms with van der Waals surface area (Å²) in [7, 11) is 0. The summed E-state index contributed by atoms with van der Waals surface area (Å²) in [6, 6.07) is 22.2. The van der Waals surface area contributed by atoms with E-state index in [1.807, 2.05) is 74.5 Å². The summed E-state index contributed by atoms with van der Waals surface area (Å²) in [6.45, 7) is 3.82. The van der Waals surface area contributed by atoms with Gasteiger partial charge in [0.2, 0.25) is 5.91 Å². The van der Waals surface area contributed by atoms with Crippen LogP contribution in [0.5, 0.6) is 0 Å². The number of nitrogens with zero attached hydrogens (tertiary/aromatic N) is 2. The third kappa shape index (κ3) is 3.12. The van der Waals surface area contributed by atoms with Crippen LogP contribution < -0.4 is 9.96 Å². The van der Waals surface area contributed by atoms with Gasteiger partial charge < -0.3 is 0 Å². The molecule has 6 heteroatoms. The zero-order chi connectivity index (χ0) is 21.7. The summed E-state index contributed by atoms with van der Waals surface area (Å²) in [6.07, 6.45) is -0.882. The van der Waals surface area contributed by atoms with Crippen LogP contribution in [-0.4, -0.2) is 17.9 Å². The minimum Gasteiger partial charge on any atom is -0.273 e. The Morgan fingerprint density at radius 2 is 1.45 bits per heavy atom. The number of anilines is 2. The maximum absolute atomic E-state index is 13.7. The Morgan fingerprint density at radius 1 is 0.806 bits per heavy atom. The molecule has 0 aliphatic carbocycles. The second-order valence-electron chi connectivity index (χ2n) is 7.96. The molecule has 2 amide bonds. The van der Waals surface area contributed by atoms with E-state index in [9.17, 15) is 9.59 Å². The average molecular weight is 433 g/mol. The van der Waals surface area contributed by atoms with Crippen molar-refractivity contribution in [2.24, 2.45) is 5.92 Å². The lowest BCUT2D eigenvalue weighted by Gasteiger charge is -2.29. The summed E-state index contributed by atoms with van der Waals surface area (Å²) in [5.41, 5.74) is 4.06. The van der Waals surface area contributed by atoms with Crippen LogP contribution in [-0.2, 0) is 14.4 Å². The summed E-state index contributed by atoms with van der Waals surface area (Å²) >= 11 is 6.10. The first kappa shape index (κ1) is 19.8. The quantitative estimate of drug-likeness (QED) is 0.546. The molecule has 0 aromatic heterocycles. The van der Waals surface area contributed by atoms with E-state index in [4.69, 9.17) is 16.4 Å². The van der Waals surface area contributed by atoms with Gasteiger partial charge in [0, 0.05) is 5.02 Å². The number of hydrogen-bond donors (Lipinski definition) is 0. The standard InChI is InChI=1S/C25H21ClN2O3/c1-15-7-6-8-16(2)21(15)27-24(29)20-22(17-11-13-18(26)14-12-17)28(31-23(20)25(27)30)19-9-4-3-5-10-19/h3-14,20,22-23H,1-2H3. The molecule has 2 heterocycles. The van der Waals surface area contributed by atoms with Crippen LogP contribution in [0.4, 0.5) is 11.4 Å². The minimum absolute atomic E-state index is 0.245. The van der Waals surface area contributed by atoms with E-state index in [0.717, 1.165) is 22.4 Å². The fourth-order valence-electron chi connectivity index (χ4n) is 4.59. The third-order valence-corrected chi connectivity index (χ3v) is 6.25. The van der Waals surface area contributed by atoms with Gasteiger partial charge in [-0.3, -0.25) is 14.4 Å². The lowest BCUT2D eigenvalue weighted by molar-refractivity contribution is -0.126. The Kier molecular flexibility index (Phi) is 4.80. The van der Waals surface area contributed by atoms with E-state index in [-0.39, 0.29) is 11.8 Å². The number of imide groups is 1. The molecule has 31 heavy (non-hydrogen) atoms. The summed E-state index contributed by atoms with van der Waals surface area (Å²) < 4.78 is 0. The van der Waals surface area contributed by atoms with E-state index in [0.29, 0.717) is 10.7 Å². The first-order chi connectivity index (χ1) is 15.0. The first-order valence-electron chi connectivity index (χ1n) is 10.2. The van der Waals surface area contributed by atoms with Gasteiger partial charge in [0.25, 0.3) is 5.91 Å². The van der Waals surface area contributed by atoms with Crippen molar-refractivity contribution < 1.29 is 14.4 Å². The summed E-state index contributed by atoms with van der Waals surface area (Å²) in [5, 5.41) is 2.30. The molecule has 0 bridgehead atoms. The molecule has 0 N–H and O–H groups in total. The SMILES string of the molecule is Cc1cccc(C)c1N1C(=O)C2ON(c3ccccc3)C(c3ccc(Cl)cc3)C2C1=O. The van der Waals surface area contributed by atoms with Crippen molar-refractivity contribution in [1.82, 2.24) is 0 Å². The second-order valence-corrected chi connectivity index (χ2v) is 8.40. The Bertz CT molecular complexity index is 1140. The van der Waals surface area contributed by atoms with Gasteiger partial charge in [0.1, 0.15) is 5.92 Å². The molecule has 0 saturated carbocycles. The third-order valence-electron chi connectivity index (χ3n) is 6.00. The predicted molar refractivity (Wildman–Crippen MR) is 120 cm³/mol. The van der Waals surface area contributed by atoms with Gasteiger partial charge in [0.05, 0.1) is 17.4 Å². The number of carbonyl (C=O) groups excluding carboxylic acids is 2. The molecular formula is C25H21ClN2O3. The monoisotopic (exact) mass is 432 g/mol. The largest absolute Gasteiger partial charge is 0.273 e. The maximum Gasteiger partial charge on any atom is 0.266 e.